The number of nitrogens with zero attached hydrogens (tertiary/aromatic N) is 5. The minimum atomic E-state index is 0.0159. The van der Waals surface area contributed by atoms with Crippen molar-refractivity contribution in [3.05, 3.63) is 39.7 Å². The molecule has 22 heavy (non-hydrogen) atoms. The van der Waals surface area contributed by atoms with E-state index in [9.17, 15) is 0 Å². The van der Waals surface area contributed by atoms with Gasteiger partial charge in [-0.15, -0.1) is 0 Å². The molecule has 1 heterocycles. The number of rotatable bonds is 2. The Morgan fingerprint density at radius 1 is 0.773 bits per heavy atom. The molecule has 0 spiro atoms. The molecule has 0 radical (unpaired) electrons. The van der Waals surface area contributed by atoms with Gasteiger partial charge in [-0.05, 0) is 44.9 Å². The standard InChI is InChI=1S/C17H13N5/c1-10(14(6-18)7-19)16-5-17(13(4)22-12(16)3)11(2)15(8-20)9-21/h5H,1-4H3. The summed E-state index contributed by atoms with van der Waals surface area (Å²) in [7, 11) is 0. The van der Waals surface area contributed by atoms with Crippen LogP contribution in [0.5, 0.6) is 0 Å². The van der Waals surface area contributed by atoms with Crippen LogP contribution in [0.15, 0.2) is 17.2 Å². The van der Waals surface area contributed by atoms with Gasteiger partial charge in [0.1, 0.15) is 35.4 Å². The molecule has 0 aromatic carbocycles. The van der Waals surface area contributed by atoms with Crippen LogP contribution in [0.4, 0.5) is 0 Å². The first-order valence-electron chi connectivity index (χ1n) is 6.42. The largest absolute Gasteiger partial charge is 0.257 e. The summed E-state index contributed by atoms with van der Waals surface area (Å²) in [6.45, 7) is 6.94. The van der Waals surface area contributed by atoms with E-state index in [0.717, 1.165) is 0 Å². The van der Waals surface area contributed by atoms with Gasteiger partial charge < -0.3 is 0 Å². The number of aryl methyl sites for hydroxylation is 2. The Morgan fingerprint density at radius 2 is 1.09 bits per heavy atom. The van der Waals surface area contributed by atoms with E-state index in [4.69, 9.17) is 21.0 Å². The number of aromatic nitrogens is 1. The van der Waals surface area contributed by atoms with Gasteiger partial charge in [0.2, 0.25) is 0 Å². The first-order valence-corrected chi connectivity index (χ1v) is 6.42. The van der Waals surface area contributed by atoms with E-state index < -0.39 is 0 Å². The van der Waals surface area contributed by atoms with Crippen LogP contribution in [0.25, 0.3) is 11.1 Å². The van der Waals surface area contributed by atoms with Gasteiger partial charge in [-0.25, -0.2) is 0 Å². The molecule has 0 aliphatic heterocycles. The number of pyridine rings is 1. The monoisotopic (exact) mass is 287 g/mol. The van der Waals surface area contributed by atoms with Gasteiger partial charge in [0.25, 0.3) is 0 Å². The SMILES string of the molecule is CC(=C(C#N)C#N)c1cc(C(C)=C(C#N)C#N)c(C)nc1C. The highest BCUT2D eigenvalue weighted by Crippen LogP contribution is 2.27. The van der Waals surface area contributed by atoms with E-state index in [1.165, 1.54) is 0 Å². The van der Waals surface area contributed by atoms with E-state index >= 15 is 0 Å². The van der Waals surface area contributed by atoms with Crippen LogP contribution in [-0.4, -0.2) is 4.98 Å². The minimum absolute atomic E-state index is 0.0159. The fraction of sp³-hybridized carbons (Fsp3) is 0.235. The predicted octanol–water partition coefficient (Wildman–Crippen LogP) is 3.34. The maximum Gasteiger partial charge on any atom is 0.133 e. The van der Waals surface area contributed by atoms with Crippen molar-refractivity contribution in [3.63, 3.8) is 0 Å². The molecule has 0 N–H and O–H groups in total. The molecule has 0 atom stereocenters. The normalized spacial score (nSPS) is 8.73. The highest BCUT2D eigenvalue weighted by Gasteiger charge is 2.14. The molecule has 5 nitrogen and oxygen atoms in total. The average Bonchev–Trinajstić information content (AvgIpc) is 2.49. The van der Waals surface area contributed by atoms with Crippen LogP contribution in [0.1, 0.15) is 36.4 Å². The molecular formula is C17H13N5. The van der Waals surface area contributed by atoms with E-state index in [1.807, 2.05) is 24.3 Å². The van der Waals surface area contributed by atoms with Crippen LogP contribution in [0, 0.1) is 59.2 Å². The maximum absolute atomic E-state index is 9.00. The summed E-state index contributed by atoms with van der Waals surface area (Å²) in [5.41, 5.74) is 3.78. The van der Waals surface area contributed by atoms with Crippen molar-refractivity contribution in [2.45, 2.75) is 27.7 Å². The zero-order chi connectivity index (χ0) is 16.9. The van der Waals surface area contributed by atoms with Crippen molar-refractivity contribution < 1.29 is 0 Å². The average molecular weight is 287 g/mol. The molecular weight excluding hydrogens is 274 g/mol. The lowest BCUT2D eigenvalue weighted by Crippen LogP contribution is -2.00. The molecule has 0 aliphatic carbocycles. The Labute approximate surface area is 129 Å². The van der Waals surface area contributed by atoms with Crippen molar-refractivity contribution >= 4 is 11.1 Å². The number of nitriles is 4. The van der Waals surface area contributed by atoms with E-state index in [2.05, 4.69) is 4.98 Å². The molecule has 0 bridgehead atoms. The van der Waals surface area contributed by atoms with Crippen LogP contribution in [0.3, 0.4) is 0 Å². The Morgan fingerprint density at radius 3 is 1.36 bits per heavy atom. The lowest BCUT2D eigenvalue weighted by molar-refractivity contribution is 1.09. The second-order valence-electron chi connectivity index (χ2n) is 4.70. The number of allylic oxidation sites excluding steroid dienone is 4. The smallest absolute Gasteiger partial charge is 0.133 e. The molecule has 1 rings (SSSR count). The molecule has 0 fully saturated rings. The molecule has 0 amide bonds. The Kier molecular flexibility index (Phi) is 5.18. The third-order valence-electron chi connectivity index (χ3n) is 3.41. The lowest BCUT2D eigenvalue weighted by atomic mass is 9.94. The predicted molar refractivity (Wildman–Crippen MR) is 81.4 cm³/mol. The summed E-state index contributed by atoms with van der Waals surface area (Å²) in [6, 6.07) is 9.21. The highest BCUT2D eigenvalue weighted by molar-refractivity contribution is 5.80. The molecule has 5 heteroatoms. The van der Waals surface area contributed by atoms with Gasteiger partial charge >= 0.3 is 0 Å². The summed E-state index contributed by atoms with van der Waals surface area (Å²) in [5, 5.41) is 36.0. The van der Waals surface area contributed by atoms with Gasteiger partial charge in [0.05, 0.1) is 0 Å². The first-order chi connectivity index (χ1) is 10.4. The molecule has 1 aromatic heterocycles. The second kappa shape index (κ2) is 6.85. The molecule has 0 unspecified atom stereocenters. The van der Waals surface area contributed by atoms with Crippen LogP contribution in [0.2, 0.25) is 0 Å². The Bertz CT molecular complexity index is 757. The third-order valence-corrected chi connectivity index (χ3v) is 3.41. The Hall–Kier alpha value is -3.41. The minimum Gasteiger partial charge on any atom is -0.257 e. The van der Waals surface area contributed by atoms with E-state index in [1.54, 1.807) is 33.8 Å². The van der Waals surface area contributed by atoms with Crippen molar-refractivity contribution in [1.29, 1.82) is 21.0 Å². The van der Waals surface area contributed by atoms with Gasteiger partial charge in [-0.3, -0.25) is 4.98 Å². The second-order valence-corrected chi connectivity index (χ2v) is 4.70. The lowest BCUT2D eigenvalue weighted by Gasteiger charge is -2.12. The third kappa shape index (κ3) is 3.01. The topological polar surface area (TPSA) is 108 Å². The summed E-state index contributed by atoms with van der Waals surface area (Å²) in [5.74, 6) is 0. The van der Waals surface area contributed by atoms with Gasteiger partial charge in [-0.2, -0.15) is 21.0 Å². The fourth-order valence-corrected chi connectivity index (χ4v) is 2.14. The van der Waals surface area contributed by atoms with Crippen molar-refractivity contribution in [2.24, 2.45) is 0 Å². The molecule has 0 saturated heterocycles. The number of hydrogen-bond acceptors (Lipinski definition) is 5. The molecule has 0 saturated carbocycles. The molecule has 1 aromatic rings. The molecule has 106 valence electrons. The maximum atomic E-state index is 9.00. The Balaban J connectivity index is 3.75. The summed E-state index contributed by atoms with van der Waals surface area (Å²) < 4.78 is 0. The van der Waals surface area contributed by atoms with Crippen LogP contribution in [-0.2, 0) is 0 Å². The van der Waals surface area contributed by atoms with Crippen molar-refractivity contribution in [2.75, 3.05) is 0 Å². The van der Waals surface area contributed by atoms with Gasteiger partial charge in [0, 0.05) is 22.5 Å². The quantitative estimate of drug-likeness (QED) is 0.775. The van der Waals surface area contributed by atoms with Crippen molar-refractivity contribution in [3.8, 4) is 24.3 Å². The van der Waals surface area contributed by atoms with Gasteiger partial charge in [-0.1, -0.05) is 0 Å². The number of hydrogen-bond donors (Lipinski definition) is 0. The van der Waals surface area contributed by atoms with E-state index in [-0.39, 0.29) is 11.1 Å². The zero-order valence-corrected chi connectivity index (χ0v) is 12.8. The zero-order valence-electron chi connectivity index (χ0n) is 12.8. The first kappa shape index (κ1) is 16.6. The van der Waals surface area contributed by atoms with Gasteiger partial charge in [0.15, 0.2) is 0 Å². The summed E-state index contributed by atoms with van der Waals surface area (Å²) in [4.78, 5) is 4.41. The van der Waals surface area contributed by atoms with Crippen molar-refractivity contribution in [1.82, 2.24) is 4.98 Å². The summed E-state index contributed by atoms with van der Waals surface area (Å²) in [6.07, 6.45) is 0. The van der Waals surface area contributed by atoms with E-state index in [0.29, 0.717) is 33.7 Å². The highest BCUT2D eigenvalue weighted by atomic mass is 14.7. The summed E-state index contributed by atoms with van der Waals surface area (Å²) >= 11 is 0. The fourth-order valence-electron chi connectivity index (χ4n) is 2.14. The van der Waals surface area contributed by atoms with Crippen LogP contribution < -0.4 is 0 Å². The van der Waals surface area contributed by atoms with Crippen LogP contribution >= 0.6 is 0 Å². The molecule has 0 aliphatic rings.